The lowest BCUT2D eigenvalue weighted by Gasteiger charge is -2.08. The van der Waals surface area contributed by atoms with Crippen LogP contribution < -0.4 is 5.32 Å². The predicted octanol–water partition coefficient (Wildman–Crippen LogP) is 3.63. The van der Waals surface area contributed by atoms with Gasteiger partial charge in [0, 0.05) is 29.4 Å². The van der Waals surface area contributed by atoms with E-state index in [2.05, 4.69) is 15.5 Å². The summed E-state index contributed by atoms with van der Waals surface area (Å²) in [7, 11) is 0. The molecule has 1 N–H and O–H groups in total. The van der Waals surface area contributed by atoms with Crippen molar-refractivity contribution in [3.8, 4) is 11.5 Å². The van der Waals surface area contributed by atoms with E-state index in [4.69, 9.17) is 4.42 Å². The number of aromatic nitrogens is 2. The van der Waals surface area contributed by atoms with Crippen molar-refractivity contribution in [1.29, 1.82) is 0 Å². The summed E-state index contributed by atoms with van der Waals surface area (Å²) in [6, 6.07) is 10.8. The van der Waals surface area contributed by atoms with Crippen molar-refractivity contribution in [2.24, 2.45) is 0 Å². The lowest BCUT2D eigenvalue weighted by molar-refractivity contribution is 0.568. The fraction of sp³-hybridized carbons (Fsp3) is 0.0667. The van der Waals surface area contributed by atoms with Crippen LogP contribution in [0.2, 0.25) is 0 Å². The molecule has 0 fully saturated rings. The molecule has 0 amide bonds. The van der Waals surface area contributed by atoms with Gasteiger partial charge in [0.2, 0.25) is 12.3 Å². The van der Waals surface area contributed by atoms with Gasteiger partial charge >= 0.3 is 0 Å². The highest BCUT2D eigenvalue weighted by Gasteiger charge is 2.05. The fourth-order valence-corrected chi connectivity index (χ4v) is 1.89. The lowest BCUT2D eigenvalue weighted by atomic mass is 10.2. The van der Waals surface area contributed by atoms with Gasteiger partial charge in [0.05, 0.1) is 0 Å². The normalized spacial score (nSPS) is 10.6. The van der Waals surface area contributed by atoms with Crippen molar-refractivity contribution < 1.29 is 13.2 Å². The summed E-state index contributed by atoms with van der Waals surface area (Å²) in [5.74, 6) is -0.712. The molecule has 0 bridgehead atoms. The molecule has 0 spiro atoms. The molecule has 0 aliphatic carbocycles. The second-order valence-electron chi connectivity index (χ2n) is 4.41. The molecule has 1 aromatic heterocycles. The summed E-state index contributed by atoms with van der Waals surface area (Å²) >= 11 is 0. The van der Waals surface area contributed by atoms with Crippen LogP contribution in [0.3, 0.4) is 0 Å². The van der Waals surface area contributed by atoms with E-state index in [0.717, 1.165) is 17.3 Å². The van der Waals surface area contributed by atoms with Gasteiger partial charge in [-0.05, 0) is 30.3 Å². The van der Waals surface area contributed by atoms with Crippen LogP contribution in [0, 0.1) is 11.6 Å². The van der Waals surface area contributed by atoms with Crippen molar-refractivity contribution in [2.75, 3.05) is 5.32 Å². The Hall–Kier alpha value is -2.76. The van der Waals surface area contributed by atoms with Gasteiger partial charge in [0.15, 0.2) is 0 Å². The minimum absolute atomic E-state index is 0.270. The van der Waals surface area contributed by atoms with Gasteiger partial charge in [0.25, 0.3) is 0 Å². The quantitative estimate of drug-likeness (QED) is 0.796. The average Bonchev–Trinajstić information content (AvgIpc) is 3.01. The smallest absolute Gasteiger partial charge is 0.247 e. The number of rotatable bonds is 4. The number of hydrogen-bond donors (Lipinski definition) is 1. The van der Waals surface area contributed by atoms with E-state index in [0.29, 0.717) is 11.5 Å². The van der Waals surface area contributed by atoms with Gasteiger partial charge in [-0.1, -0.05) is 6.07 Å². The van der Waals surface area contributed by atoms with Gasteiger partial charge < -0.3 is 9.73 Å². The molecule has 6 heteroatoms. The second kappa shape index (κ2) is 5.70. The maximum absolute atomic E-state index is 13.5. The molecule has 0 radical (unpaired) electrons. The molecule has 4 nitrogen and oxygen atoms in total. The Labute approximate surface area is 119 Å². The first kappa shape index (κ1) is 13.2. The minimum atomic E-state index is -0.583. The summed E-state index contributed by atoms with van der Waals surface area (Å²) in [6.07, 6.45) is 1.26. The summed E-state index contributed by atoms with van der Waals surface area (Å²) in [5, 5.41) is 10.5. The van der Waals surface area contributed by atoms with E-state index in [-0.39, 0.29) is 6.54 Å². The maximum atomic E-state index is 13.5. The van der Waals surface area contributed by atoms with Crippen LogP contribution >= 0.6 is 0 Å². The molecule has 3 aromatic rings. The third kappa shape index (κ3) is 3.05. The van der Waals surface area contributed by atoms with E-state index in [9.17, 15) is 8.78 Å². The molecule has 0 atom stereocenters. The number of nitrogens with one attached hydrogen (secondary N) is 1. The van der Waals surface area contributed by atoms with E-state index in [1.807, 2.05) is 24.3 Å². The number of nitrogens with zero attached hydrogens (tertiary/aromatic N) is 2. The first-order valence-corrected chi connectivity index (χ1v) is 6.27. The van der Waals surface area contributed by atoms with E-state index < -0.39 is 11.6 Å². The van der Waals surface area contributed by atoms with Crippen LogP contribution in [0.4, 0.5) is 14.5 Å². The number of benzene rings is 2. The monoisotopic (exact) mass is 287 g/mol. The van der Waals surface area contributed by atoms with Crippen molar-refractivity contribution in [1.82, 2.24) is 10.2 Å². The zero-order valence-corrected chi connectivity index (χ0v) is 10.9. The van der Waals surface area contributed by atoms with Gasteiger partial charge in [-0.25, -0.2) is 8.78 Å². The Morgan fingerprint density at radius 2 is 1.86 bits per heavy atom. The van der Waals surface area contributed by atoms with Crippen LogP contribution in [0.25, 0.3) is 11.5 Å². The Bertz CT molecular complexity index is 727. The molecule has 1 heterocycles. The summed E-state index contributed by atoms with van der Waals surface area (Å²) in [4.78, 5) is 0. The molecule has 0 saturated carbocycles. The zero-order chi connectivity index (χ0) is 14.7. The molecular formula is C15H11F2N3O. The Morgan fingerprint density at radius 3 is 2.52 bits per heavy atom. The van der Waals surface area contributed by atoms with Crippen molar-refractivity contribution >= 4 is 5.69 Å². The molecule has 2 aromatic carbocycles. The molecule has 0 saturated heterocycles. The number of hydrogen-bond acceptors (Lipinski definition) is 4. The topological polar surface area (TPSA) is 51.0 Å². The summed E-state index contributed by atoms with van der Waals surface area (Å²) < 4.78 is 31.4. The Balaban J connectivity index is 1.68. The van der Waals surface area contributed by atoms with E-state index in [1.54, 1.807) is 0 Å². The lowest BCUT2D eigenvalue weighted by Crippen LogP contribution is -2.02. The maximum Gasteiger partial charge on any atom is 0.247 e. The predicted molar refractivity (Wildman–Crippen MR) is 73.4 cm³/mol. The zero-order valence-electron chi connectivity index (χ0n) is 10.9. The minimum Gasteiger partial charge on any atom is -0.423 e. The molecule has 106 valence electrons. The third-order valence-corrected chi connectivity index (χ3v) is 2.99. The largest absolute Gasteiger partial charge is 0.423 e. The molecular weight excluding hydrogens is 276 g/mol. The van der Waals surface area contributed by atoms with Crippen LogP contribution in [-0.2, 0) is 6.54 Å². The summed E-state index contributed by atoms with van der Waals surface area (Å²) in [6.45, 7) is 0.270. The highest BCUT2D eigenvalue weighted by atomic mass is 19.1. The van der Waals surface area contributed by atoms with E-state index >= 15 is 0 Å². The van der Waals surface area contributed by atoms with Crippen LogP contribution in [0.5, 0.6) is 0 Å². The highest BCUT2D eigenvalue weighted by molar-refractivity contribution is 5.58. The van der Waals surface area contributed by atoms with Crippen molar-refractivity contribution in [3.05, 3.63) is 66.1 Å². The molecule has 0 aliphatic rings. The highest BCUT2D eigenvalue weighted by Crippen LogP contribution is 2.19. The molecule has 3 rings (SSSR count). The Morgan fingerprint density at radius 1 is 1.05 bits per heavy atom. The van der Waals surface area contributed by atoms with Gasteiger partial charge in [-0.15, -0.1) is 10.2 Å². The SMILES string of the molecule is Fc1ccc(CNc2ccc(-c3nnco3)cc2)c(F)c1. The summed E-state index contributed by atoms with van der Waals surface area (Å²) in [5.41, 5.74) is 2.00. The first-order chi connectivity index (χ1) is 10.2. The van der Waals surface area contributed by atoms with Crippen molar-refractivity contribution in [3.63, 3.8) is 0 Å². The fourth-order valence-electron chi connectivity index (χ4n) is 1.89. The number of halogens is 2. The van der Waals surface area contributed by atoms with Gasteiger partial charge in [-0.3, -0.25) is 0 Å². The van der Waals surface area contributed by atoms with Gasteiger partial charge in [0.1, 0.15) is 11.6 Å². The van der Waals surface area contributed by atoms with Crippen LogP contribution in [-0.4, -0.2) is 10.2 Å². The number of anilines is 1. The molecule has 0 aliphatic heterocycles. The van der Waals surface area contributed by atoms with Crippen LogP contribution in [0.15, 0.2) is 53.3 Å². The molecule has 21 heavy (non-hydrogen) atoms. The standard InChI is InChI=1S/C15H11F2N3O/c16-12-4-1-11(14(17)7-12)8-18-13-5-2-10(3-6-13)15-20-19-9-21-15/h1-7,9,18H,8H2. The van der Waals surface area contributed by atoms with Crippen LogP contribution in [0.1, 0.15) is 5.56 Å². The molecule has 0 unspecified atom stereocenters. The van der Waals surface area contributed by atoms with Crippen molar-refractivity contribution in [2.45, 2.75) is 6.54 Å². The first-order valence-electron chi connectivity index (χ1n) is 6.27. The average molecular weight is 287 g/mol. The second-order valence-corrected chi connectivity index (χ2v) is 4.41. The Kier molecular flexibility index (Phi) is 3.59. The third-order valence-electron chi connectivity index (χ3n) is 2.99. The van der Waals surface area contributed by atoms with Gasteiger partial charge in [-0.2, -0.15) is 0 Å². The van der Waals surface area contributed by atoms with E-state index in [1.165, 1.54) is 18.5 Å².